The van der Waals surface area contributed by atoms with Gasteiger partial charge < -0.3 is 9.47 Å². The number of hydrogen-bond donors (Lipinski definition) is 0. The molecule has 1 aliphatic heterocycles. The van der Waals surface area contributed by atoms with E-state index in [1.807, 2.05) is 6.92 Å². The van der Waals surface area contributed by atoms with Crippen LogP contribution in [0, 0.1) is 23.3 Å². The number of non-ortho nitro benzene ring substituents is 1. The van der Waals surface area contributed by atoms with Crippen LogP contribution in [0.15, 0.2) is 59.9 Å². The van der Waals surface area contributed by atoms with Crippen molar-refractivity contribution in [1.29, 1.82) is 0 Å². The van der Waals surface area contributed by atoms with E-state index in [2.05, 4.69) is 9.69 Å². The Morgan fingerprint density at radius 3 is 2.64 bits per heavy atom. The van der Waals surface area contributed by atoms with E-state index < -0.39 is 4.92 Å². The van der Waals surface area contributed by atoms with E-state index in [1.165, 1.54) is 12.1 Å². The molecule has 1 unspecified atom stereocenters. The summed E-state index contributed by atoms with van der Waals surface area (Å²) in [5.41, 5.74) is 1.87. The maximum Gasteiger partial charge on any atom is 0.292 e. The first kappa shape index (κ1) is 18.9. The molecule has 8 heteroatoms. The molecule has 0 saturated heterocycles. The Morgan fingerprint density at radius 2 is 2.00 bits per heavy atom. The molecule has 0 amide bonds. The summed E-state index contributed by atoms with van der Waals surface area (Å²) in [7, 11) is 0. The van der Waals surface area contributed by atoms with Gasteiger partial charge in [-0.25, -0.2) is 11.4 Å². The topological polar surface area (TPSA) is 73.6 Å². The van der Waals surface area contributed by atoms with Gasteiger partial charge in [0.05, 0.1) is 36.0 Å². The molecule has 140 valence electrons. The highest BCUT2D eigenvalue weighted by Gasteiger charge is 2.29. The van der Waals surface area contributed by atoms with Crippen molar-refractivity contribution in [1.82, 2.24) is 0 Å². The van der Waals surface area contributed by atoms with E-state index >= 15 is 0 Å². The molecule has 0 aliphatic carbocycles. The van der Waals surface area contributed by atoms with Crippen LogP contribution < -0.4 is 9.64 Å². The van der Waals surface area contributed by atoms with Crippen LogP contribution in [0.5, 0.6) is 11.5 Å². The summed E-state index contributed by atoms with van der Waals surface area (Å²) >= 11 is 0. The van der Waals surface area contributed by atoms with Crippen molar-refractivity contribution in [3.8, 4) is 11.5 Å². The van der Waals surface area contributed by atoms with Crippen molar-refractivity contribution in [2.75, 3.05) is 18.2 Å². The molecule has 1 aliphatic rings. The highest BCUT2D eigenvalue weighted by atomic mass is 16.6. The Balaban J connectivity index is 1.84. The molecule has 0 fully saturated rings. The van der Waals surface area contributed by atoms with E-state index in [1.54, 1.807) is 41.3 Å². The van der Waals surface area contributed by atoms with E-state index in [0.29, 0.717) is 22.9 Å². The summed E-state index contributed by atoms with van der Waals surface area (Å²) in [5, 5.41) is 10.9. The molecule has 2 aromatic carbocycles. The maximum absolute atomic E-state index is 10.9. The van der Waals surface area contributed by atoms with Gasteiger partial charge in [0.1, 0.15) is 11.5 Å². The number of anilines is 1. The third kappa shape index (κ3) is 3.93. The number of ether oxygens (including phenoxy) is 2. The van der Waals surface area contributed by atoms with Crippen LogP contribution in [0.2, 0.25) is 0 Å². The van der Waals surface area contributed by atoms with E-state index in [4.69, 9.17) is 22.6 Å². The van der Waals surface area contributed by atoms with E-state index in [0.717, 1.165) is 5.69 Å². The average Bonchev–Trinajstić information content (AvgIpc) is 3.07. The largest absolute Gasteiger partial charge is 0.457 e. The van der Waals surface area contributed by atoms with E-state index in [-0.39, 0.29) is 25.1 Å². The highest BCUT2D eigenvalue weighted by molar-refractivity contribution is 5.57. The zero-order valence-electron chi connectivity index (χ0n) is 15.0. The second-order valence-electron chi connectivity index (χ2n) is 5.97. The molecule has 0 spiro atoms. The van der Waals surface area contributed by atoms with Gasteiger partial charge >= 0.3 is 0 Å². The molecule has 0 saturated carbocycles. The number of hydrogen-bond acceptors (Lipinski definition) is 5. The molecule has 3 rings (SSSR count). The molecule has 1 heterocycles. The molecule has 1 atom stereocenters. The molecule has 28 heavy (non-hydrogen) atoms. The SMILES string of the molecule is [C-]#[N+]CN(C1=C([N+]#[C-])C(C)OC1)c1ccc(Oc2cccc([N+](=O)[O-])c2)cc1. The maximum atomic E-state index is 10.9. The Kier molecular flexibility index (Phi) is 5.54. The van der Waals surface area contributed by atoms with Crippen molar-refractivity contribution in [2.45, 2.75) is 13.0 Å². The fourth-order valence-corrected chi connectivity index (χ4v) is 2.85. The standard InChI is InChI=1S/C20H16N4O4/c1-14-20(22-3)19(12-27-14)23(13-21-2)15-7-9-17(10-8-15)28-18-6-4-5-16(11-18)24(25)26/h4-11,14H,12-13H2,1H3. The Hall–Kier alpha value is -3.88. The first-order valence-corrected chi connectivity index (χ1v) is 8.38. The van der Waals surface area contributed by atoms with Crippen molar-refractivity contribution >= 4 is 11.4 Å². The lowest BCUT2D eigenvalue weighted by molar-refractivity contribution is -0.384. The third-order valence-electron chi connectivity index (χ3n) is 4.22. The highest BCUT2D eigenvalue weighted by Crippen LogP contribution is 2.32. The predicted molar refractivity (Wildman–Crippen MR) is 103 cm³/mol. The zero-order valence-corrected chi connectivity index (χ0v) is 15.0. The Labute approximate surface area is 162 Å². The summed E-state index contributed by atoms with van der Waals surface area (Å²) in [5.74, 6) is 0.860. The fourth-order valence-electron chi connectivity index (χ4n) is 2.85. The van der Waals surface area contributed by atoms with Crippen LogP contribution >= 0.6 is 0 Å². The first-order chi connectivity index (χ1) is 13.5. The van der Waals surface area contributed by atoms with Crippen LogP contribution in [0.4, 0.5) is 11.4 Å². The van der Waals surface area contributed by atoms with Crippen molar-refractivity contribution < 1.29 is 14.4 Å². The van der Waals surface area contributed by atoms with Gasteiger partial charge in [-0.05, 0) is 37.3 Å². The number of nitro benzene ring substituents is 1. The Bertz CT molecular complexity index is 1000. The van der Waals surface area contributed by atoms with Gasteiger partial charge in [0.2, 0.25) is 5.70 Å². The minimum atomic E-state index is -0.481. The molecule has 0 N–H and O–H groups in total. The average molecular weight is 376 g/mol. The minimum Gasteiger partial charge on any atom is -0.457 e. The van der Waals surface area contributed by atoms with Gasteiger partial charge in [0, 0.05) is 11.8 Å². The second kappa shape index (κ2) is 8.21. The first-order valence-electron chi connectivity index (χ1n) is 8.38. The summed E-state index contributed by atoms with van der Waals surface area (Å²) < 4.78 is 11.2. The predicted octanol–water partition coefficient (Wildman–Crippen LogP) is 4.62. The van der Waals surface area contributed by atoms with Crippen LogP contribution in [0.25, 0.3) is 9.69 Å². The van der Waals surface area contributed by atoms with Crippen LogP contribution in [-0.2, 0) is 4.74 Å². The zero-order chi connectivity index (χ0) is 20.1. The summed E-state index contributed by atoms with van der Waals surface area (Å²) in [4.78, 5) is 19.2. The summed E-state index contributed by atoms with van der Waals surface area (Å²) in [6, 6.07) is 12.9. The van der Waals surface area contributed by atoms with Gasteiger partial charge in [-0.1, -0.05) is 6.07 Å². The number of nitrogens with zero attached hydrogens (tertiary/aromatic N) is 4. The number of benzene rings is 2. The number of nitro groups is 1. The summed E-state index contributed by atoms with van der Waals surface area (Å²) in [6.07, 6.45) is -0.294. The molecule has 0 radical (unpaired) electrons. The van der Waals surface area contributed by atoms with Crippen molar-refractivity contribution in [3.63, 3.8) is 0 Å². The molecule has 0 aromatic heterocycles. The third-order valence-corrected chi connectivity index (χ3v) is 4.22. The van der Waals surface area contributed by atoms with Gasteiger partial charge in [-0.3, -0.25) is 19.9 Å². The molecule has 8 nitrogen and oxygen atoms in total. The monoisotopic (exact) mass is 376 g/mol. The van der Waals surface area contributed by atoms with Gasteiger partial charge in [0.25, 0.3) is 12.4 Å². The molecular weight excluding hydrogens is 360 g/mol. The van der Waals surface area contributed by atoms with Gasteiger partial charge in [0.15, 0.2) is 0 Å². The van der Waals surface area contributed by atoms with Crippen LogP contribution in [-0.4, -0.2) is 24.3 Å². The van der Waals surface area contributed by atoms with Crippen molar-refractivity contribution in [2.24, 2.45) is 0 Å². The lowest BCUT2D eigenvalue weighted by Gasteiger charge is -2.21. The van der Waals surface area contributed by atoms with Crippen LogP contribution in [0.3, 0.4) is 0 Å². The number of rotatable bonds is 6. The van der Waals surface area contributed by atoms with Gasteiger partial charge in [-0.15, -0.1) is 0 Å². The molecule has 0 bridgehead atoms. The fraction of sp³-hybridized carbons (Fsp3) is 0.200. The Morgan fingerprint density at radius 1 is 1.25 bits per heavy atom. The van der Waals surface area contributed by atoms with Crippen molar-refractivity contribution in [3.05, 3.63) is 92.9 Å². The smallest absolute Gasteiger partial charge is 0.292 e. The summed E-state index contributed by atoms with van der Waals surface area (Å²) in [6.45, 7) is 16.8. The molecular formula is C20H16N4O4. The minimum absolute atomic E-state index is 0.0497. The normalized spacial score (nSPS) is 15.6. The quantitative estimate of drug-likeness (QED) is 0.418. The molecule has 2 aromatic rings. The van der Waals surface area contributed by atoms with Crippen LogP contribution in [0.1, 0.15) is 6.92 Å². The van der Waals surface area contributed by atoms with Gasteiger partial charge in [-0.2, -0.15) is 0 Å². The van der Waals surface area contributed by atoms with E-state index in [9.17, 15) is 10.1 Å². The lowest BCUT2D eigenvalue weighted by Crippen LogP contribution is -2.23. The lowest BCUT2D eigenvalue weighted by atomic mass is 10.2. The second-order valence-corrected chi connectivity index (χ2v) is 5.97.